The van der Waals surface area contributed by atoms with Crippen molar-refractivity contribution < 1.29 is 9.72 Å². The van der Waals surface area contributed by atoms with Crippen LogP contribution in [0, 0.1) is 10.1 Å². The number of nitro benzene ring substituents is 1. The van der Waals surface area contributed by atoms with E-state index >= 15 is 0 Å². The molecule has 1 amide bonds. The zero-order valence-corrected chi connectivity index (χ0v) is 13.9. The van der Waals surface area contributed by atoms with Crippen LogP contribution in [0.1, 0.15) is 25.5 Å². The number of carbonyl (C=O) groups excluding carboxylic acids is 1. The number of aromatic nitrogens is 2. The highest BCUT2D eigenvalue weighted by atomic mass is 16.6. The van der Waals surface area contributed by atoms with Gasteiger partial charge >= 0.3 is 0 Å². The number of carbonyl (C=O) groups is 1. The third kappa shape index (κ3) is 4.50. The van der Waals surface area contributed by atoms with Gasteiger partial charge in [0.2, 0.25) is 5.91 Å². The summed E-state index contributed by atoms with van der Waals surface area (Å²) in [4.78, 5) is 31.0. The molecule has 0 spiro atoms. The molecule has 1 saturated carbocycles. The van der Waals surface area contributed by atoms with Gasteiger partial charge in [0.15, 0.2) is 5.82 Å². The Morgan fingerprint density at radius 2 is 2.00 bits per heavy atom. The van der Waals surface area contributed by atoms with Crippen molar-refractivity contribution in [3.63, 3.8) is 0 Å². The van der Waals surface area contributed by atoms with Gasteiger partial charge in [-0.2, -0.15) is 0 Å². The lowest BCUT2D eigenvalue weighted by molar-refractivity contribution is -0.384. The van der Waals surface area contributed by atoms with Crippen LogP contribution in [0.4, 0.5) is 11.5 Å². The van der Waals surface area contributed by atoms with Gasteiger partial charge in [0.25, 0.3) is 5.69 Å². The third-order valence-electron chi connectivity index (χ3n) is 3.85. The SMILES string of the molecule is CCc1cc(NCC(=O)NC2CC2)nc(-c2ccc([N+](=O)[O-])cc2)n1. The first kappa shape index (κ1) is 16.8. The molecule has 130 valence electrons. The molecule has 0 unspecified atom stereocenters. The molecule has 0 aliphatic heterocycles. The summed E-state index contributed by atoms with van der Waals surface area (Å²) < 4.78 is 0. The number of benzene rings is 1. The Balaban J connectivity index is 1.76. The standard InChI is InChI=1S/C17H19N5O3/c1-2-12-9-15(18-10-16(23)19-13-5-6-13)21-17(20-12)11-3-7-14(8-4-11)22(24)25/h3-4,7-9,13H,2,5-6,10H2,1H3,(H,19,23)(H,18,20,21). The van der Waals surface area contributed by atoms with Crippen LogP contribution >= 0.6 is 0 Å². The van der Waals surface area contributed by atoms with Crippen molar-refractivity contribution in [2.45, 2.75) is 32.2 Å². The molecule has 1 aliphatic rings. The first-order valence-corrected chi connectivity index (χ1v) is 8.21. The lowest BCUT2D eigenvalue weighted by Gasteiger charge is -2.10. The molecule has 1 aliphatic carbocycles. The van der Waals surface area contributed by atoms with Crippen molar-refractivity contribution in [3.05, 3.63) is 46.1 Å². The zero-order chi connectivity index (χ0) is 17.8. The number of nitrogens with one attached hydrogen (secondary N) is 2. The maximum atomic E-state index is 11.8. The van der Waals surface area contributed by atoms with Gasteiger partial charge in [-0.05, 0) is 31.4 Å². The van der Waals surface area contributed by atoms with Crippen LogP contribution in [0.2, 0.25) is 0 Å². The molecule has 2 aromatic rings. The molecule has 0 atom stereocenters. The van der Waals surface area contributed by atoms with E-state index in [0.717, 1.165) is 18.5 Å². The number of nitro groups is 1. The van der Waals surface area contributed by atoms with E-state index in [0.29, 0.717) is 29.7 Å². The topological polar surface area (TPSA) is 110 Å². The minimum atomic E-state index is -0.446. The van der Waals surface area contributed by atoms with Crippen LogP contribution in [-0.2, 0) is 11.2 Å². The van der Waals surface area contributed by atoms with Gasteiger partial charge in [-0.3, -0.25) is 14.9 Å². The van der Waals surface area contributed by atoms with E-state index in [1.807, 2.05) is 6.92 Å². The maximum Gasteiger partial charge on any atom is 0.269 e. The first-order valence-electron chi connectivity index (χ1n) is 8.21. The fourth-order valence-electron chi connectivity index (χ4n) is 2.31. The lowest BCUT2D eigenvalue weighted by Crippen LogP contribution is -2.31. The first-order chi connectivity index (χ1) is 12.0. The van der Waals surface area contributed by atoms with Crippen LogP contribution in [0.25, 0.3) is 11.4 Å². The summed E-state index contributed by atoms with van der Waals surface area (Å²) in [6.07, 6.45) is 2.80. The van der Waals surface area contributed by atoms with Crippen molar-refractivity contribution >= 4 is 17.4 Å². The Labute approximate surface area is 144 Å². The van der Waals surface area contributed by atoms with E-state index in [1.165, 1.54) is 12.1 Å². The number of hydrogen-bond acceptors (Lipinski definition) is 6. The second-order valence-electron chi connectivity index (χ2n) is 5.92. The molecule has 8 nitrogen and oxygen atoms in total. The van der Waals surface area contributed by atoms with Crippen molar-refractivity contribution in [2.24, 2.45) is 0 Å². The molecular weight excluding hydrogens is 322 g/mol. The highest BCUT2D eigenvalue weighted by Crippen LogP contribution is 2.22. The third-order valence-corrected chi connectivity index (χ3v) is 3.85. The molecule has 25 heavy (non-hydrogen) atoms. The molecule has 1 fully saturated rings. The largest absolute Gasteiger partial charge is 0.361 e. The number of non-ortho nitro benzene ring substituents is 1. The van der Waals surface area contributed by atoms with E-state index in [4.69, 9.17) is 0 Å². The second-order valence-corrected chi connectivity index (χ2v) is 5.92. The summed E-state index contributed by atoms with van der Waals surface area (Å²) in [6.45, 7) is 2.13. The molecule has 0 radical (unpaired) electrons. The Kier molecular flexibility index (Phi) is 4.87. The molecular formula is C17H19N5O3. The monoisotopic (exact) mass is 341 g/mol. The van der Waals surface area contributed by atoms with Gasteiger partial charge in [-0.15, -0.1) is 0 Å². The fraction of sp³-hybridized carbons (Fsp3) is 0.353. The summed E-state index contributed by atoms with van der Waals surface area (Å²) in [7, 11) is 0. The number of rotatable bonds is 7. The van der Waals surface area contributed by atoms with Gasteiger partial charge < -0.3 is 10.6 Å². The second kappa shape index (κ2) is 7.25. The predicted molar refractivity (Wildman–Crippen MR) is 93.2 cm³/mol. The number of anilines is 1. The van der Waals surface area contributed by atoms with Crippen LogP contribution < -0.4 is 10.6 Å². The van der Waals surface area contributed by atoms with Gasteiger partial charge in [0.1, 0.15) is 5.82 Å². The molecule has 0 saturated heterocycles. The molecule has 3 rings (SSSR count). The van der Waals surface area contributed by atoms with Crippen LogP contribution in [0.3, 0.4) is 0 Å². The van der Waals surface area contributed by atoms with E-state index < -0.39 is 4.92 Å². The highest BCUT2D eigenvalue weighted by molar-refractivity contribution is 5.81. The average molecular weight is 341 g/mol. The molecule has 1 heterocycles. The zero-order valence-electron chi connectivity index (χ0n) is 13.9. The van der Waals surface area contributed by atoms with Crippen molar-refractivity contribution in [3.8, 4) is 11.4 Å². The average Bonchev–Trinajstić information content (AvgIpc) is 3.43. The summed E-state index contributed by atoms with van der Waals surface area (Å²) in [5.74, 6) is 0.974. The van der Waals surface area contributed by atoms with E-state index in [9.17, 15) is 14.9 Å². The summed E-state index contributed by atoms with van der Waals surface area (Å²) in [6, 6.07) is 8.22. The van der Waals surface area contributed by atoms with E-state index in [-0.39, 0.29) is 18.1 Å². The van der Waals surface area contributed by atoms with Gasteiger partial charge in [0, 0.05) is 35.5 Å². The summed E-state index contributed by atoms with van der Waals surface area (Å²) >= 11 is 0. The Morgan fingerprint density at radius 1 is 1.28 bits per heavy atom. The maximum absolute atomic E-state index is 11.8. The van der Waals surface area contributed by atoms with Crippen LogP contribution in [0.5, 0.6) is 0 Å². The molecule has 0 bridgehead atoms. The summed E-state index contributed by atoms with van der Waals surface area (Å²) in [5, 5.41) is 16.7. The minimum absolute atomic E-state index is 0.0190. The highest BCUT2D eigenvalue weighted by Gasteiger charge is 2.23. The Morgan fingerprint density at radius 3 is 2.60 bits per heavy atom. The summed E-state index contributed by atoms with van der Waals surface area (Å²) in [5.41, 5.74) is 1.53. The number of nitrogens with zero attached hydrogens (tertiary/aromatic N) is 3. The Hall–Kier alpha value is -3.03. The van der Waals surface area contributed by atoms with Crippen LogP contribution in [-0.4, -0.2) is 33.4 Å². The minimum Gasteiger partial charge on any atom is -0.361 e. The fourth-order valence-corrected chi connectivity index (χ4v) is 2.31. The van der Waals surface area contributed by atoms with Crippen molar-refractivity contribution in [1.29, 1.82) is 0 Å². The van der Waals surface area contributed by atoms with Crippen molar-refractivity contribution in [2.75, 3.05) is 11.9 Å². The quantitative estimate of drug-likeness (QED) is 0.590. The smallest absolute Gasteiger partial charge is 0.269 e. The predicted octanol–water partition coefficient (Wildman–Crippen LogP) is 2.30. The van der Waals surface area contributed by atoms with Crippen LogP contribution in [0.15, 0.2) is 30.3 Å². The van der Waals surface area contributed by atoms with Gasteiger partial charge in [-0.1, -0.05) is 6.92 Å². The lowest BCUT2D eigenvalue weighted by atomic mass is 10.2. The number of hydrogen-bond donors (Lipinski definition) is 2. The Bertz CT molecular complexity index is 787. The van der Waals surface area contributed by atoms with Gasteiger partial charge in [0.05, 0.1) is 11.5 Å². The van der Waals surface area contributed by atoms with Crippen molar-refractivity contribution in [1.82, 2.24) is 15.3 Å². The normalized spacial score (nSPS) is 13.3. The molecule has 1 aromatic heterocycles. The molecule has 8 heteroatoms. The van der Waals surface area contributed by atoms with Gasteiger partial charge in [-0.25, -0.2) is 9.97 Å². The molecule has 1 aromatic carbocycles. The number of amides is 1. The number of aryl methyl sites for hydroxylation is 1. The van der Waals surface area contributed by atoms with E-state index in [2.05, 4.69) is 20.6 Å². The molecule has 2 N–H and O–H groups in total. The van der Waals surface area contributed by atoms with E-state index in [1.54, 1.807) is 18.2 Å².